The van der Waals surface area contributed by atoms with Crippen LogP contribution in [0, 0.1) is 0 Å². The Hall–Kier alpha value is -3.62. The van der Waals surface area contributed by atoms with Crippen molar-refractivity contribution in [2.24, 2.45) is 0 Å². The van der Waals surface area contributed by atoms with Crippen LogP contribution in [0.2, 0.25) is 5.02 Å². The van der Waals surface area contributed by atoms with Crippen LogP contribution in [0.4, 0.5) is 0 Å². The molecule has 5 aromatic carbocycles. The molecule has 142 valence electrons. The average Bonchev–Trinajstić information content (AvgIpc) is 3.19. The topological polar surface area (TPSA) is 17.8 Å². The van der Waals surface area contributed by atoms with Crippen LogP contribution < -0.4 is 0 Å². The fraction of sp³-hybridized carbons (Fsp3) is 0. The summed E-state index contributed by atoms with van der Waals surface area (Å²) < 4.78 is 2.27. The lowest BCUT2D eigenvalue weighted by Crippen LogP contribution is -1.98. The molecule has 2 nitrogen and oxygen atoms in total. The number of imidazole rings is 1. The zero-order chi connectivity index (χ0) is 20.1. The second-order valence-electron chi connectivity index (χ2n) is 7.43. The highest BCUT2D eigenvalue weighted by atomic mass is 35.5. The molecule has 0 unspecified atom stereocenters. The Labute approximate surface area is 179 Å². The molecule has 0 aliphatic rings. The van der Waals surface area contributed by atoms with E-state index >= 15 is 0 Å². The Morgan fingerprint density at radius 3 is 2.13 bits per heavy atom. The van der Waals surface area contributed by atoms with E-state index in [4.69, 9.17) is 16.6 Å². The molecule has 0 fully saturated rings. The van der Waals surface area contributed by atoms with Gasteiger partial charge in [0.05, 0.1) is 11.0 Å². The van der Waals surface area contributed by atoms with Gasteiger partial charge in [0.15, 0.2) is 0 Å². The molecule has 0 spiro atoms. The summed E-state index contributed by atoms with van der Waals surface area (Å²) in [5.74, 6) is 0.934. The summed E-state index contributed by atoms with van der Waals surface area (Å²) in [6, 6.07) is 35.5. The Morgan fingerprint density at radius 2 is 1.33 bits per heavy atom. The maximum absolute atomic E-state index is 6.41. The number of benzene rings is 5. The second-order valence-corrected chi connectivity index (χ2v) is 7.87. The van der Waals surface area contributed by atoms with Crippen molar-refractivity contribution in [1.82, 2.24) is 9.55 Å². The van der Waals surface area contributed by atoms with Gasteiger partial charge in [-0.05, 0) is 46.5 Å². The number of hydrogen-bond donors (Lipinski definition) is 0. The van der Waals surface area contributed by atoms with E-state index in [1.165, 1.54) is 16.2 Å². The summed E-state index contributed by atoms with van der Waals surface area (Å²) in [6.45, 7) is 0. The SMILES string of the molecule is Clc1ccc2ccc3ccc4nc(-c5ccccc5)n(-c5ccccc5)c4c3c2c1. The fourth-order valence-electron chi connectivity index (χ4n) is 4.28. The predicted octanol–water partition coefficient (Wildman–Crippen LogP) is 7.65. The molecule has 0 atom stereocenters. The van der Waals surface area contributed by atoms with Crippen LogP contribution in [0.15, 0.2) is 103 Å². The molecular formula is C27H17ClN2. The van der Waals surface area contributed by atoms with Crippen LogP contribution in [-0.2, 0) is 0 Å². The van der Waals surface area contributed by atoms with Crippen molar-refractivity contribution in [3.8, 4) is 17.1 Å². The van der Waals surface area contributed by atoms with Gasteiger partial charge >= 0.3 is 0 Å². The van der Waals surface area contributed by atoms with Gasteiger partial charge in [-0.3, -0.25) is 4.57 Å². The zero-order valence-electron chi connectivity index (χ0n) is 16.1. The normalized spacial score (nSPS) is 11.5. The zero-order valence-corrected chi connectivity index (χ0v) is 16.8. The van der Waals surface area contributed by atoms with E-state index in [1.807, 2.05) is 18.2 Å². The van der Waals surface area contributed by atoms with Crippen molar-refractivity contribution in [2.75, 3.05) is 0 Å². The minimum Gasteiger partial charge on any atom is -0.292 e. The molecule has 1 aromatic heterocycles. The number of para-hydroxylation sites is 1. The quantitative estimate of drug-likeness (QED) is 0.271. The van der Waals surface area contributed by atoms with Crippen LogP contribution in [0.3, 0.4) is 0 Å². The van der Waals surface area contributed by atoms with E-state index < -0.39 is 0 Å². The van der Waals surface area contributed by atoms with E-state index in [0.717, 1.165) is 38.5 Å². The summed E-state index contributed by atoms with van der Waals surface area (Å²) in [5, 5.41) is 5.39. The van der Waals surface area contributed by atoms with Gasteiger partial charge in [0, 0.05) is 21.7 Å². The van der Waals surface area contributed by atoms with Gasteiger partial charge in [-0.25, -0.2) is 4.98 Å². The highest BCUT2D eigenvalue weighted by Crippen LogP contribution is 2.37. The number of hydrogen-bond acceptors (Lipinski definition) is 1. The lowest BCUT2D eigenvalue weighted by atomic mass is 10.0. The minimum atomic E-state index is 0.737. The summed E-state index contributed by atoms with van der Waals surface area (Å²) in [5.41, 5.74) is 4.25. The summed E-state index contributed by atoms with van der Waals surface area (Å²) in [4.78, 5) is 5.07. The molecule has 30 heavy (non-hydrogen) atoms. The highest BCUT2D eigenvalue weighted by Gasteiger charge is 2.18. The fourth-order valence-corrected chi connectivity index (χ4v) is 4.46. The number of rotatable bonds is 2. The monoisotopic (exact) mass is 404 g/mol. The smallest absolute Gasteiger partial charge is 0.145 e. The molecule has 0 aliphatic carbocycles. The predicted molar refractivity (Wildman–Crippen MR) is 127 cm³/mol. The van der Waals surface area contributed by atoms with E-state index in [0.29, 0.717) is 0 Å². The summed E-state index contributed by atoms with van der Waals surface area (Å²) >= 11 is 6.41. The van der Waals surface area contributed by atoms with Crippen LogP contribution >= 0.6 is 11.6 Å². The Balaban J connectivity index is 1.86. The maximum atomic E-state index is 6.41. The van der Waals surface area contributed by atoms with Gasteiger partial charge < -0.3 is 0 Å². The van der Waals surface area contributed by atoms with Gasteiger partial charge in [-0.1, -0.05) is 84.4 Å². The molecular weight excluding hydrogens is 388 g/mol. The first-order valence-corrected chi connectivity index (χ1v) is 10.3. The molecule has 6 rings (SSSR count). The molecule has 0 radical (unpaired) electrons. The van der Waals surface area contributed by atoms with E-state index in [2.05, 4.69) is 89.5 Å². The summed E-state index contributed by atoms with van der Waals surface area (Å²) in [6.07, 6.45) is 0. The van der Waals surface area contributed by atoms with Crippen LogP contribution in [-0.4, -0.2) is 9.55 Å². The van der Waals surface area contributed by atoms with Crippen molar-refractivity contribution in [2.45, 2.75) is 0 Å². The largest absolute Gasteiger partial charge is 0.292 e. The van der Waals surface area contributed by atoms with Crippen LogP contribution in [0.25, 0.3) is 49.7 Å². The van der Waals surface area contributed by atoms with Gasteiger partial charge in [0.1, 0.15) is 5.82 Å². The lowest BCUT2D eigenvalue weighted by Gasteiger charge is -2.12. The molecule has 0 saturated carbocycles. The Bertz CT molecular complexity index is 1530. The number of fused-ring (bicyclic) bond motifs is 5. The van der Waals surface area contributed by atoms with Crippen LogP contribution in [0.5, 0.6) is 0 Å². The number of halogens is 1. The second kappa shape index (κ2) is 6.72. The van der Waals surface area contributed by atoms with E-state index in [-0.39, 0.29) is 0 Å². The molecule has 0 bridgehead atoms. The number of nitrogens with zero attached hydrogens (tertiary/aromatic N) is 2. The first-order chi connectivity index (χ1) is 14.8. The molecule has 3 heteroatoms. The van der Waals surface area contributed by atoms with Crippen molar-refractivity contribution >= 4 is 44.2 Å². The third-order valence-corrected chi connectivity index (χ3v) is 5.86. The molecule has 0 N–H and O–H groups in total. The molecule has 0 amide bonds. The van der Waals surface area contributed by atoms with Gasteiger partial charge in [0.25, 0.3) is 0 Å². The molecule has 0 aliphatic heterocycles. The minimum absolute atomic E-state index is 0.737. The standard InChI is InChI=1S/C27H17ClN2/c28-21-15-13-18-11-12-19-14-16-24-26(25(19)23(18)17-21)30(22-9-5-2-6-10-22)27(29-24)20-7-3-1-4-8-20/h1-17H. The summed E-state index contributed by atoms with van der Waals surface area (Å²) in [7, 11) is 0. The first kappa shape index (κ1) is 17.3. The third kappa shape index (κ3) is 2.62. The Kier molecular flexibility index (Phi) is 3.87. The Morgan fingerprint density at radius 1 is 0.667 bits per heavy atom. The van der Waals surface area contributed by atoms with E-state index in [1.54, 1.807) is 0 Å². The third-order valence-electron chi connectivity index (χ3n) is 5.62. The average molecular weight is 405 g/mol. The van der Waals surface area contributed by atoms with Crippen molar-refractivity contribution in [1.29, 1.82) is 0 Å². The van der Waals surface area contributed by atoms with Gasteiger partial charge in [0.2, 0.25) is 0 Å². The van der Waals surface area contributed by atoms with E-state index in [9.17, 15) is 0 Å². The number of aromatic nitrogens is 2. The molecule has 0 saturated heterocycles. The van der Waals surface area contributed by atoms with Crippen molar-refractivity contribution in [3.05, 3.63) is 108 Å². The first-order valence-electron chi connectivity index (χ1n) is 9.94. The van der Waals surface area contributed by atoms with Crippen LogP contribution in [0.1, 0.15) is 0 Å². The highest BCUT2D eigenvalue weighted by molar-refractivity contribution is 6.32. The van der Waals surface area contributed by atoms with Gasteiger partial charge in [-0.2, -0.15) is 0 Å². The molecule has 1 heterocycles. The van der Waals surface area contributed by atoms with Gasteiger partial charge in [-0.15, -0.1) is 0 Å². The molecule has 6 aromatic rings. The van der Waals surface area contributed by atoms with Crippen molar-refractivity contribution in [3.63, 3.8) is 0 Å². The maximum Gasteiger partial charge on any atom is 0.145 e. The van der Waals surface area contributed by atoms with Crippen molar-refractivity contribution < 1.29 is 0 Å². The lowest BCUT2D eigenvalue weighted by molar-refractivity contribution is 1.11.